The molecule has 3 heteroatoms. The molecule has 0 aliphatic carbocycles. The predicted molar refractivity (Wildman–Crippen MR) is 73.9 cm³/mol. The smallest absolute Gasteiger partial charge is 0.121 e. The van der Waals surface area contributed by atoms with Gasteiger partial charge in [-0.2, -0.15) is 0 Å². The zero-order chi connectivity index (χ0) is 12.7. The second kappa shape index (κ2) is 7.17. The van der Waals surface area contributed by atoms with Crippen LogP contribution in [0.4, 0.5) is 5.69 Å². The number of rotatable bonds is 7. The average molecular weight is 236 g/mol. The zero-order valence-electron chi connectivity index (χ0n) is 11.4. The van der Waals surface area contributed by atoms with Crippen LogP contribution in [-0.2, 0) is 0 Å². The molecule has 1 aromatic rings. The highest BCUT2D eigenvalue weighted by molar-refractivity contribution is 5.48. The molecule has 0 saturated heterocycles. The molecule has 17 heavy (non-hydrogen) atoms. The summed E-state index contributed by atoms with van der Waals surface area (Å²) in [7, 11) is 4.13. The fourth-order valence-electron chi connectivity index (χ4n) is 1.33. The summed E-state index contributed by atoms with van der Waals surface area (Å²) in [5.74, 6) is 0.930. The molecule has 1 aromatic carbocycles. The topological polar surface area (TPSA) is 24.5 Å². The fourth-order valence-corrected chi connectivity index (χ4v) is 1.33. The summed E-state index contributed by atoms with van der Waals surface area (Å²) in [6.45, 7) is 6.02. The summed E-state index contributed by atoms with van der Waals surface area (Å²) in [4.78, 5) is 2.15. The summed E-state index contributed by atoms with van der Waals surface area (Å²) in [6, 6.07) is 8.56. The van der Waals surface area contributed by atoms with Crippen molar-refractivity contribution in [1.29, 1.82) is 0 Å². The maximum Gasteiger partial charge on any atom is 0.121 e. The highest BCUT2D eigenvalue weighted by atomic mass is 16.5. The van der Waals surface area contributed by atoms with Gasteiger partial charge in [0.15, 0.2) is 0 Å². The lowest BCUT2D eigenvalue weighted by molar-refractivity contribution is 0.198. The van der Waals surface area contributed by atoms with E-state index in [-0.39, 0.29) is 0 Å². The standard InChI is InChI=1S/C14H24N2O/c1-5-9-15-13-7-6-8-14(10-13)17-11-12(2)16(3)4/h6-8,10,12,15H,5,9,11H2,1-4H3/t12-/m1/s1. The van der Waals surface area contributed by atoms with Gasteiger partial charge >= 0.3 is 0 Å². The van der Waals surface area contributed by atoms with Crippen molar-refractivity contribution >= 4 is 5.69 Å². The SMILES string of the molecule is CCCNc1cccc(OC[C@@H](C)N(C)C)c1. The molecule has 0 amide bonds. The first kappa shape index (κ1) is 13.8. The van der Waals surface area contributed by atoms with Crippen molar-refractivity contribution in [2.75, 3.05) is 32.6 Å². The summed E-state index contributed by atoms with van der Waals surface area (Å²) in [5.41, 5.74) is 1.13. The van der Waals surface area contributed by atoms with Crippen molar-refractivity contribution < 1.29 is 4.74 Å². The number of hydrogen-bond donors (Lipinski definition) is 1. The van der Waals surface area contributed by atoms with Crippen LogP contribution in [0.1, 0.15) is 20.3 Å². The van der Waals surface area contributed by atoms with E-state index in [0.29, 0.717) is 12.6 Å². The van der Waals surface area contributed by atoms with Crippen LogP contribution in [0.5, 0.6) is 5.75 Å². The van der Waals surface area contributed by atoms with Crippen LogP contribution in [0.15, 0.2) is 24.3 Å². The molecule has 0 bridgehead atoms. The lowest BCUT2D eigenvalue weighted by Crippen LogP contribution is -2.30. The van der Waals surface area contributed by atoms with E-state index in [1.165, 1.54) is 0 Å². The molecule has 0 spiro atoms. The van der Waals surface area contributed by atoms with E-state index in [9.17, 15) is 0 Å². The van der Waals surface area contributed by atoms with Gasteiger partial charge in [0.05, 0.1) is 0 Å². The molecule has 0 fully saturated rings. The third-order valence-electron chi connectivity index (χ3n) is 2.79. The lowest BCUT2D eigenvalue weighted by Gasteiger charge is -2.20. The molecular weight excluding hydrogens is 212 g/mol. The van der Waals surface area contributed by atoms with Crippen LogP contribution >= 0.6 is 0 Å². The third kappa shape index (κ3) is 5.09. The number of hydrogen-bond acceptors (Lipinski definition) is 3. The molecule has 0 heterocycles. The molecule has 0 radical (unpaired) electrons. The molecule has 3 nitrogen and oxygen atoms in total. The Kier molecular flexibility index (Phi) is 5.84. The van der Waals surface area contributed by atoms with Crippen molar-refractivity contribution in [3.8, 4) is 5.75 Å². The molecule has 0 aromatic heterocycles. The lowest BCUT2D eigenvalue weighted by atomic mass is 10.3. The van der Waals surface area contributed by atoms with E-state index < -0.39 is 0 Å². The van der Waals surface area contributed by atoms with Crippen LogP contribution in [0, 0.1) is 0 Å². The average Bonchev–Trinajstić information content (AvgIpc) is 2.33. The van der Waals surface area contributed by atoms with E-state index in [1.807, 2.05) is 12.1 Å². The maximum atomic E-state index is 5.77. The Morgan fingerprint density at radius 1 is 1.35 bits per heavy atom. The van der Waals surface area contributed by atoms with Crippen LogP contribution in [-0.4, -0.2) is 38.2 Å². The second-order valence-corrected chi connectivity index (χ2v) is 4.58. The van der Waals surface area contributed by atoms with E-state index in [1.54, 1.807) is 0 Å². The van der Waals surface area contributed by atoms with Gasteiger partial charge < -0.3 is 15.0 Å². The fraction of sp³-hybridized carbons (Fsp3) is 0.571. The molecule has 0 saturated carbocycles. The molecule has 0 unspecified atom stereocenters. The number of anilines is 1. The Morgan fingerprint density at radius 2 is 2.12 bits per heavy atom. The van der Waals surface area contributed by atoms with Gasteiger partial charge in [-0.05, 0) is 39.6 Å². The molecule has 1 rings (SSSR count). The Bertz CT molecular complexity index is 326. The van der Waals surface area contributed by atoms with Crippen LogP contribution in [0.2, 0.25) is 0 Å². The third-order valence-corrected chi connectivity index (χ3v) is 2.79. The van der Waals surface area contributed by atoms with Crippen molar-refractivity contribution in [1.82, 2.24) is 4.90 Å². The first-order valence-electron chi connectivity index (χ1n) is 6.26. The summed E-state index contributed by atoms with van der Waals surface area (Å²) in [6.07, 6.45) is 1.13. The van der Waals surface area contributed by atoms with E-state index in [4.69, 9.17) is 4.74 Å². The first-order valence-corrected chi connectivity index (χ1v) is 6.26. The Balaban J connectivity index is 2.48. The van der Waals surface area contributed by atoms with Gasteiger partial charge in [0.25, 0.3) is 0 Å². The van der Waals surface area contributed by atoms with Gasteiger partial charge in [0, 0.05) is 24.3 Å². The molecule has 96 valence electrons. The van der Waals surface area contributed by atoms with Gasteiger partial charge in [-0.15, -0.1) is 0 Å². The Labute approximate surface area is 105 Å². The number of benzene rings is 1. The molecule has 1 atom stereocenters. The number of nitrogens with one attached hydrogen (secondary N) is 1. The minimum Gasteiger partial charge on any atom is -0.492 e. The van der Waals surface area contributed by atoms with E-state index in [2.05, 4.69) is 50.3 Å². The number of ether oxygens (including phenoxy) is 1. The Hall–Kier alpha value is -1.22. The monoisotopic (exact) mass is 236 g/mol. The molecular formula is C14H24N2O. The summed E-state index contributed by atoms with van der Waals surface area (Å²) in [5, 5.41) is 3.35. The zero-order valence-corrected chi connectivity index (χ0v) is 11.4. The normalized spacial score (nSPS) is 12.5. The molecule has 1 N–H and O–H groups in total. The molecule has 0 aliphatic rings. The predicted octanol–water partition coefficient (Wildman–Crippen LogP) is 2.84. The van der Waals surface area contributed by atoms with Gasteiger partial charge in [-0.1, -0.05) is 13.0 Å². The molecule has 0 aliphatic heterocycles. The number of likely N-dealkylation sites (N-methyl/N-ethyl adjacent to an activating group) is 1. The van der Waals surface area contributed by atoms with Crippen molar-refractivity contribution in [2.45, 2.75) is 26.3 Å². The van der Waals surface area contributed by atoms with E-state index in [0.717, 1.165) is 24.4 Å². The minimum absolute atomic E-state index is 0.419. The highest BCUT2D eigenvalue weighted by Crippen LogP contribution is 2.17. The van der Waals surface area contributed by atoms with Crippen molar-refractivity contribution in [2.24, 2.45) is 0 Å². The quantitative estimate of drug-likeness (QED) is 0.788. The van der Waals surface area contributed by atoms with Crippen LogP contribution in [0.3, 0.4) is 0 Å². The van der Waals surface area contributed by atoms with E-state index >= 15 is 0 Å². The maximum absolute atomic E-state index is 5.77. The van der Waals surface area contributed by atoms with Crippen LogP contribution < -0.4 is 10.1 Å². The van der Waals surface area contributed by atoms with Gasteiger partial charge in [0.2, 0.25) is 0 Å². The summed E-state index contributed by atoms with van der Waals surface area (Å²) >= 11 is 0. The van der Waals surface area contributed by atoms with Gasteiger partial charge in [0.1, 0.15) is 12.4 Å². The minimum atomic E-state index is 0.419. The van der Waals surface area contributed by atoms with Crippen LogP contribution in [0.25, 0.3) is 0 Å². The Morgan fingerprint density at radius 3 is 2.76 bits per heavy atom. The highest BCUT2D eigenvalue weighted by Gasteiger charge is 2.05. The van der Waals surface area contributed by atoms with Gasteiger partial charge in [-0.25, -0.2) is 0 Å². The number of nitrogens with zero attached hydrogens (tertiary/aromatic N) is 1. The first-order chi connectivity index (χ1) is 8.13. The second-order valence-electron chi connectivity index (χ2n) is 4.58. The largest absolute Gasteiger partial charge is 0.492 e. The van der Waals surface area contributed by atoms with Crippen molar-refractivity contribution in [3.05, 3.63) is 24.3 Å². The van der Waals surface area contributed by atoms with Gasteiger partial charge in [-0.3, -0.25) is 0 Å². The summed E-state index contributed by atoms with van der Waals surface area (Å²) < 4.78 is 5.77. The van der Waals surface area contributed by atoms with Crippen molar-refractivity contribution in [3.63, 3.8) is 0 Å².